The van der Waals surface area contributed by atoms with E-state index in [1.54, 1.807) is 19.2 Å². The number of aromatic nitrogens is 3. The molecular formula is C16H16N4O2S. The van der Waals surface area contributed by atoms with Gasteiger partial charge in [-0.05, 0) is 25.0 Å². The van der Waals surface area contributed by atoms with E-state index in [0.29, 0.717) is 16.0 Å². The lowest BCUT2D eigenvalue weighted by Crippen LogP contribution is -2.37. The Kier molecular flexibility index (Phi) is 3.30. The van der Waals surface area contributed by atoms with Crippen LogP contribution in [0.1, 0.15) is 12.8 Å². The first-order valence-electron chi connectivity index (χ1n) is 7.60. The van der Waals surface area contributed by atoms with Crippen molar-refractivity contribution in [2.24, 2.45) is 7.05 Å². The summed E-state index contributed by atoms with van der Waals surface area (Å²) in [6, 6.07) is 9.01. The maximum Gasteiger partial charge on any atom is 0.337 e. The first-order chi connectivity index (χ1) is 11.2. The number of benzene rings is 1. The minimum Gasteiger partial charge on any atom is -0.348 e. The van der Waals surface area contributed by atoms with Crippen LogP contribution in [-0.2, 0) is 7.05 Å². The Morgan fingerprint density at radius 1 is 1.09 bits per heavy atom. The molecule has 1 aliphatic heterocycles. The molecular weight excluding hydrogens is 312 g/mol. The molecule has 1 fully saturated rings. The van der Waals surface area contributed by atoms with Crippen molar-refractivity contribution < 1.29 is 0 Å². The lowest BCUT2D eigenvalue weighted by atomic mass is 10.3. The molecule has 0 amide bonds. The van der Waals surface area contributed by atoms with Crippen LogP contribution in [0.2, 0.25) is 0 Å². The predicted molar refractivity (Wildman–Crippen MR) is 91.9 cm³/mol. The van der Waals surface area contributed by atoms with Gasteiger partial charge in [-0.15, -0.1) is 0 Å². The highest BCUT2D eigenvalue weighted by molar-refractivity contribution is 7.22. The summed E-state index contributed by atoms with van der Waals surface area (Å²) < 4.78 is 3.20. The van der Waals surface area contributed by atoms with Gasteiger partial charge in [0.2, 0.25) is 0 Å². The van der Waals surface area contributed by atoms with Gasteiger partial charge in [-0.1, -0.05) is 29.5 Å². The van der Waals surface area contributed by atoms with Gasteiger partial charge in [0.05, 0.1) is 5.69 Å². The van der Waals surface area contributed by atoms with Crippen molar-refractivity contribution in [1.29, 1.82) is 0 Å². The van der Waals surface area contributed by atoms with Gasteiger partial charge < -0.3 is 4.90 Å². The average molecular weight is 328 g/mol. The Balaban J connectivity index is 1.99. The zero-order valence-corrected chi connectivity index (χ0v) is 13.5. The number of nitrogens with zero attached hydrogens (tertiary/aromatic N) is 4. The van der Waals surface area contributed by atoms with E-state index in [0.717, 1.165) is 31.1 Å². The molecule has 3 heterocycles. The maximum absolute atomic E-state index is 12.8. The highest BCUT2D eigenvalue weighted by atomic mass is 32.1. The SMILES string of the molecule is Cn1c(=O)n(-c2ccccc2)c(=O)c2sc(N3CCCC3)nc21. The summed E-state index contributed by atoms with van der Waals surface area (Å²) in [5, 5.41) is 0.829. The van der Waals surface area contributed by atoms with E-state index < -0.39 is 0 Å². The zero-order valence-electron chi connectivity index (χ0n) is 12.7. The van der Waals surface area contributed by atoms with Crippen molar-refractivity contribution in [3.05, 3.63) is 51.2 Å². The van der Waals surface area contributed by atoms with Crippen LogP contribution in [0, 0.1) is 0 Å². The second-order valence-electron chi connectivity index (χ2n) is 5.66. The van der Waals surface area contributed by atoms with Crippen LogP contribution in [0.5, 0.6) is 0 Å². The molecule has 3 aromatic rings. The molecule has 0 radical (unpaired) electrons. The summed E-state index contributed by atoms with van der Waals surface area (Å²) in [6.45, 7) is 1.92. The molecule has 0 bridgehead atoms. The van der Waals surface area contributed by atoms with Crippen LogP contribution in [0.15, 0.2) is 39.9 Å². The molecule has 0 spiro atoms. The molecule has 2 aromatic heterocycles. The van der Waals surface area contributed by atoms with Crippen molar-refractivity contribution in [2.45, 2.75) is 12.8 Å². The Bertz CT molecular complexity index is 981. The van der Waals surface area contributed by atoms with Crippen LogP contribution in [0.25, 0.3) is 16.0 Å². The molecule has 23 heavy (non-hydrogen) atoms. The molecule has 0 unspecified atom stereocenters. The minimum atomic E-state index is -0.369. The second-order valence-corrected chi connectivity index (χ2v) is 6.64. The fraction of sp³-hybridized carbons (Fsp3) is 0.312. The third-order valence-electron chi connectivity index (χ3n) is 4.18. The quantitative estimate of drug-likeness (QED) is 0.719. The number of hydrogen-bond donors (Lipinski definition) is 0. The van der Waals surface area contributed by atoms with E-state index >= 15 is 0 Å². The number of thiazole rings is 1. The highest BCUT2D eigenvalue weighted by Crippen LogP contribution is 2.28. The molecule has 118 valence electrons. The summed E-state index contributed by atoms with van der Waals surface area (Å²) in [5.41, 5.74) is 0.388. The molecule has 0 aliphatic carbocycles. The second kappa shape index (κ2) is 5.34. The minimum absolute atomic E-state index is 0.294. The topological polar surface area (TPSA) is 60.1 Å². The average Bonchev–Trinajstić information content (AvgIpc) is 3.23. The van der Waals surface area contributed by atoms with E-state index in [9.17, 15) is 9.59 Å². The lowest BCUT2D eigenvalue weighted by Gasteiger charge is -2.11. The third kappa shape index (κ3) is 2.19. The third-order valence-corrected chi connectivity index (χ3v) is 5.28. The van der Waals surface area contributed by atoms with Gasteiger partial charge in [-0.2, -0.15) is 0 Å². The number of aryl methyl sites for hydroxylation is 1. The lowest BCUT2D eigenvalue weighted by molar-refractivity contribution is 0.767. The maximum atomic E-state index is 12.8. The number of rotatable bonds is 2. The van der Waals surface area contributed by atoms with Crippen LogP contribution in [-0.4, -0.2) is 27.2 Å². The highest BCUT2D eigenvalue weighted by Gasteiger charge is 2.21. The Labute approximate surface area is 136 Å². The molecule has 7 heteroatoms. The fourth-order valence-corrected chi connectivity index (χ4v) is 4.02. The van der Waals surface area contributed by atoms with Gasteiger partial charge in [0.15, 0.2) is 10.8 Å². The Morgan fingerprint density at radius 2 is 1.78 bits per heavy atom. The Morgan fingerprint density at radius 3 is 2.48 bits per heavy atom. The monoisotopic (exact) mass is 328 g/mol. The standard InChI is InChI=1S/C16H16N4O2S/c1-18-13-12(23-15(17-13)19-9-5-6-10-19)14(21)20(16(18)22)11-7-3-2-4-8-11/h2-4,7-8H,5-6,9-10H2,1H3. The van der Waals surface area contributed by atoms with Gasteiger partial charge in [0.1, 0.15) is 4.70 Å². The molecule has 1 saturated heterocycles. The largest absolute Gasteiger partial charge is 0.348 e. The van der Waals surface area contributed by atoms with Crippen molar-refractivity contribution in [1.82, 2.24) is 14.1 Å². The summed E-state index contributed by atoms with van der Waals surface area (Å²) in [5.74, 6) is 0. The molecule has 4 rings (SSSR count). The summed E-state index contributed by atoms with van der Waals surface area (Å²) in [6.07, 6.45) is 2.28. The van der Waals surface area contributed by atoms with Gasteiger partial charge in [-0.3, -0.25) is 9.36 Å². The number of hydrogen-bond acceptors (Lipinski definition) is 5. The fourth-order valence-electron chi connectivity index (χ4n) is 2.95. The summed E-state index contributed by atoms with van der Waals surface area (Å²) >= 11 is 1.37. The number of para-hydroxylation sites is 1. The van der Waals surface area contributed by atoms with E-state index in [1.807, 2.05) is 18.2 Å². The summed E-state index contributed by atoms with van der Waals surface area (Å²) in [4.78, 5) is 32.2. The van der Waals surface area contributed by atoms with Gasteiger partial charge in [0, 0.05) is 20.1 Å². The van der Waals surface area contributed by atoms with Crippen molar-refractivity contribution in [2.75, 3.05) is 18.0 Å². The van der Waals surface area contributed by atoms with E-state index in [1.165, 1.54) is 20.5 Å². The molecule has 0 atom stereocenters. The molecule has 0 N–H and O–H groups in total. The smallest absolute Gasteiger partial charge is 0.337 e. The predicted octanol–water partition coefficient (Wildman–Crippen LogP) is 1.75. The Hall–Kier alpha value is -2.41. The normalized spacial score (nSPS) is 14.7. The van der Waals surface area contributed by atoms with Crippen LogP contribution in [0.4, 0.5) is 5.13 Å². The first kappa shape index (κ1) is 14.2. The van der Waals surface area contributed by atoms with E-state index in [2.05, 4.69) is 9.88 Å². The number of fused-ring (bicyclic) bond motifs is 1. The molecule has 6 nitrogen and oxygen atoms in total. The van der Waals surface area contributed by atoms with Gasteiger partial charge in [-0.25, -0.2) is 14.3 Å². The van der Waals surface area contributed by atoms with Crippen molar-refractivity contribution in [3.63, 3.8) is 0 Å². The summed E-state index contributed by atoms with van der Waals surface area (Å²) in [7, 11) is 1.66. The van der Waals surface area contributed by atoms with E-state index in [-0.39, 0.29) is 11.2 Å². The van der Waals surface area contributed by atoms with Crippen molar-refractivity contribution in [3.8, 4) is 5.69 Å². The molecule has 0 saturated carbocycles. The van der Waals surface area contributed by atoms with E-state index in [4.69, 9.17) is 0 Å². The molecule has 1 aromatic carbocycles. The zero-order chi connectivity index (χ0) is 16.0. The van der Waals surface area contributed by atoms with Crippen molar-refractivity contribution >= 4 is 26.8 Å². The first-order valence-corrected chi connectivity index (χ1v) is 8.41. The van der Waals surface area contributed by atoms with Crippen LogP contribution in [0.3, 0.4) is 0 Å². The molecule has 1 aliphatic rings. The van der Waals surface area contributed by atoms with Gasteiger partial charge >= 0.3 is 5.69 Å². The van der Waals surface area contributed by atoms with Crippen LogP contribution >= 0.6 is 11.3 Å². The number of anilines is 1. The van der Waals surface area contributed by atoms with Gasteiger partial charge in [0.25, 0.3) is 5.56 Å². The van der Waals surface area contributed by atoms with Crippen LogP contribution < -0.4 is 16.1 Å².